The van der Waals surface area contributed by atoms with Gasteiger partial charge < -0.3 is 20.1 Å². The fraction of sp³-hybridized carbons (Fsp3) is 0.364. The van der Waals surface area contributed by atoms with Crippen molar-refractivity contribution >= 4 is 17.0 Å². The van der Waals surface area contributed by atoms with E-state index in [0.29, 0.717) is 28.7 Å². The average Bonchev–Trinajstić information content (AvgIpc) is 3.25. The number of alkyl halides is 3. The lowest BCUT2D eigenvalue weighted by molar-refractivity contribution is -0.192. The van der Waals surface area contributed by atoms with Crippen molar-refractivity contribution in [3.05, 3.63) is 43.0 Å². The van der Waals surface area contributed by atoms with Gasteiger partial charge >= 0.3 is 12.1 Å². The normalized spacial score (nSPS) is 18.6. The summed E-state index contributed by atoms with van der Waals surface area (Å²) < 4.78 is 35.5. The van der Waals surface area contributed by atoms with Gasteiger partial charge in [-0.05, 0) is 44.4 Å². The van der Waals surface area contributed by atoms with Gasteiger partial charge in [-0.25, -0.2) is 14.5 Å². The molecule has 0 aromatic carbocycles. The molecule has 36 heavy (non-hydrogen) atoms. The van der Waals surface area contributed by atoms with Crippen molar-refractivity contribution in [3.8, 4) is 22.8 Å². The van der Waals surface area contributed by atoms with Gasteiger partial charge in [0.25, 0.3) is 0 Å². The number of carboxylic acid groups (broad SMARTS) is 1. The molecule has 0 bridgehead atoms. The maximum atomic E-state index is 10.6. The zero-order chi connectivity index (χ0) is 25.5. The van der Waals surface area contributed by atoms with Crippen molar-refractivity contribution in [3.63, 3.8) is 0 Å². The zero-order valence-corrected chi connectivity index (χ0v) is 18.7. The fourth-order valence-corrected chi connectivity index (χ4v) is 4.37. The Kier molecular flexibility index (Phi) is 5.82. The van der Waals surface area contributed by atoms with E-state index in [0.717, 1.165) is 30.4 Å². The highest BCUT2D eigenvalue weighted by Gasteiger charge is 2.46. The van der Waals surface area contributed by atoms with Crippen LogP contribution in [0.25, 0.3) is 28.1 Å². The number of aromatic nitrogens is 7. The van der Waals surface area contributed by atoms with Crippen LogP contribution in [-0.4, -0.2) is 69.2 Å². The van der Waals surface area contributed by atoms with Crippen molar-refractivity contribution < 1.29 is 28.2 Å². The number of piperidine rings is 1. The quantitative estimate of drug-likeness (QED) is 0.385. The first-order valence-corrected chi connectivity index (χ1v) is 11.1. The second-order valence-corrected chi connectivity index (χ2v) is 8.80. The molecule has 5 heterocycles. The second kappa shape index (κ2) is 8.86. The number of halogens is 3. The summed E-state index contributed by atoms with van der Waals surface area (Å²) in [5, 5.41) is 38.8. The van der Waals surface area contributed by atoms with E-state index in [1.165, 1.54) is 17.5 Å². The van der Waals surface area contributed by atoms with Crippen LogP contribution in [0, 0.1) is 0 Å². The Morgan fingerprint density at radius 1 is 1.19 bits per heavy atom. The second-order valence-electron chi connectivity index (χ2n) is 8.80. The lowest BCUT2D eigenvalue weighted by atomic mass is 9.97. The van der Waals surface area contributed by atoms with Crippen LogP contribution < -0.4 is 5.32 Å². The third-order valence-corrected chi connectivity index (χ3v) is 6.34. The summed E-state index contributed by atoms with van der Waals surface area (Å²) in [6, 6.07) is 6.04. The van der Waals surface area contributed by atoms with E-state index in [1.807, 2.05) is 6.07 Å². The first-order valence-electron chi connectivity index (χ1n) is 11.1. The predicted molar refractivity (Wildman–Crippen MR) is 119 cm³/mol. The molecule has 2 aliphatic rings. The fourth-order valence-electron chi connectivity index (χ4n) is 4.37. The number of aromatic hydroxyl groups is 1. The summed E-state index contributed by atoms with van der Waals surface area (Å²) in [4.78, 5) is 13.3. The highest BCUT2D eigenvalue weighted by atomic mass is 19.4. The number of carbonyl (C=O) groups is 1. The lowest BCUT2D eigenvalue weighted by Gasteiger charge is -2.31. The predicted octanol–water partition coefficient (Wildman–Crippen LogP) is 2.87. The Hall–Kier alpha value is -4.07. The molecular weight excluding hydrogens is 481 g/mol. The average molecular weight is 502 g/mol. The van der Waals surface area contributed by atoms with Gasteiger partial charge in [-0.3, -0.25) is 0 Å². The minimum atomic E-state index is -5.08. The van der Waals surface area contributed by atoms with E-state index in [2.05, 4.69) is 47.6 Å². The van der Waals surface area contributed by atoms with Crippen LogP contribution in [0.1, 0.15) is 31.7 Å². The molecular formula is C22H21F3N8O3. The van der Waals surface area contributed by atoms with E-state index in [-0.39, 0.29) is 5.75 Å². The number of hydrogen-bond acceptors (Lipinski definition) is 8. The van der Waals surface area contributed by atoms with Crippen molar-refractivity contribution in [2.24, 2.45) is 0 Å². The van der Waals surface area contributed by atoms with Crippen LogP contribution in [0.5, 0.6) is 5.75 Å². The van der Waals surface area contributed by atoms with Crippen LogP contribution in [0.2, 0.25) is 0 Å². The Balaban J connectivity index is 0.000000338. The van der Waals surface area contributed by atoms with Gasteiger partial charge in [0.1, 0.15) is 17.1 Å². The minimum absolute atomic E-state index is 0.0279. The van der Waals surface area contributed by atoms with Gasteiger partial charge in [-0.2, -0.15) is 13.2 Å². The molecule has 1 spiro atoms. The molecule has 0 unspecified atom stereocenters. The Labute approximate surface area is 201 Å². The number of aliphatic carboxylic acids is 1. The van der Waals surface area contributed by atoms with E-state index < -0.39 is 12.1 Å². The molecule has 1 saturated carbocycles. The van der Waals surface area contributed by atoms with Crippen molar-refractivity contribution in [1.29, 1.82) is 0 Å². The van der Waals surface area contributed by atoms with E-state index in [1.54, 1.807) is 24.7 Å². The molecule has 1 aliphatic heterocycles. The first kappa shape index (κ1) is 23.7. The summed E-state index contributed by atoms with van der Waals surface area (Å²) in [7, 11) is 0. The molecule has 4 aromatic rings. The summed E-state index contributed by atoms with van der Waals surface area (Å²) in [5.41, 5.74) is 2.81. The van der Waals surface area contributed by atoms with Crippen molar-refractivity contribution in [2.75, 3.05) is 6.54 Å². The third kappa shape index (κ3) is 4.71. The van der Waals surface area contributed by atoms with E-state index in [4.69, 9.17) is 9.90 Å². The minimum Gasteiger partial charge on any atom is -0.506 e. The topological polar surface area (TPSA) is 144 Å². The summed E-state index contributed by atoms with van der Waals surface area (Å²) >= 11 is 0. The van der Waals surface area contributed by atoms with E-state index in [9.17, 15) is 18.3 Å². The van der Waals surface area contributed by atoms with Gasteiger partial charge in [0.2, 0.25) is 0 Å². The van der Waals surface area contributed by atoms with Gasteiger partial charge in [-0.1, -0.05) is 5.21 Å². The van der Waals surface area contributed by atoms with Gasteiger partial charge in [0, 0.05) is 29.2 Å². The smallest absolute Gasteiger partial charge is 0.490 e. The zero-order valence-electron chi connectivity index (χ0n) is 18.7. The van der Waals surface area contributed by atoms with Gasteiger partial charge in [-0.15, -0.1) is 15.3 Å². The maximum Gasteiger partial charge on any atom is 0.490 e. The molecule has 0 amide bonds. The number of carboxylic acids is 1. The van der Waals surface area contributed by atoms with Crippen molar-refractivity contribution in [1.82, 2.24) is 40.1 Å². The molecule has 11 nitrogen and oxygen atoms in total. The van der Waals surface area contributed by atoms with Gasteiger partial charge in [0.05, 0.1) is 24.3 Å². The molecule has 0 radical (unpaired) electrons. The van der Waals surface area contributed by atoms with Crippen LogP contribution in [-0.2, 0) is 4.79 Å². The Morgan fingerprint density at radius 3 is 2.61 bits per heavy atom. The van der Waals surface area contributed by atoms with Crippen LogP contribution in [0.15, 0.2) is 43.0 Å². The first-order chi connectivity index (χ1) is 17.2. The maximum absolute atomic E-state index is 10.6. The summed E-state index contributed by atoms with van der Waals surface area (Å²) in [5.74, 6) is -2.73. The number of nitrogens with zero attached hydrogens (tertiary/aromatic N) is 7. The van der Waals surface area contributed by atoms with Crippen molar-refractivity contribution in [2.45, 2.75) is 43.4 Å². The number of rotatable bonds is 3. The monoisotopic (exact) mass is 502 g/mol. The van der Waals surface area contributed by atoms with Crippen LogP contribution in [0.3, 0.4) is 0 Å². The standard InChI is InChI=1S/C20H20N8O.C2HF3O2/c29-17-10-15(28-8-6-23-26-28)12-21-18(17)16-9-13-2-7-27(19(13)25-24-16)14-1-5-22-20(11-14)3-4-20;3-2(4,5)1(6)7/h2,6-10,12,14,22,29H,1,3-5,11H2;(H,6,7)/t14-;/m0./s1. The summed E-state index contributed by atoms with van der Waals surface area (Å²) in [6.45, 7) is 1.05. The van der Waals surface area contributed by atoms with Crippen LogP contribution in [0.4, 0.5) is 13.2 Å². The molecule has 14 heteroatoms. The highest BCUT2D eigenvalue weighted by Crippen LogP contribution is 2.46. The third-order valence-electron chi connectivity index (χ3n) is 6.34. The Morgan fingerprint density at radius 2 is 1.97 bits per heavy atom. The largest absolute Gasteiger partial charge is 0.506 e. The molecule has 188 valence electrons. The molecule has 1 aliphatic carbocycles. The van der Waals surface area contributed by atoms with Crippen LogP contribution >= 0.6 is 0 Å². The molecule has 6 rings (SSSR count). The molecule has 3 N–H and O–H groups in total. The SMILES string of the molecule is O=C(O)C(F)(F)F.Oc1cc(-n2ccnn2)cnc1-c1cc2ccn([C@H]3CCNC4(CC4)C3)c2nn1. The molecule has 2 fully saturated rings. The number of fused-ring (bicyclic) bond motifs is 1. The summed E-state index contributed by atoms with van der Waals surface area (Å²) in [6.07, 6.45) is 6.70. The Bertz CT molecular complexity index is 1400. The number of hydrogen-bond donors (Lipinski definition) is 3. The number of pyridine rings is 1. The molecule has 4 aromatic heterocycles. The molecule has 1 atom stereocenters. The highest BCUT2D eigenvalue weighted by molar-refractivity contribution is 5.80. The molecule has 1 saturated heterocycles. The lowest BCUT2D eigenvalue weighted by Crippen LogP contribution is -2.40. The van der Waals surface area contributed by atoms with Gasteiger partial charge in [0.15, 0.2) is 5.65 Å². The number of nitrogens with one attached hydrogen (secondary N) is 1. The van der Waals surface area contributed by atoms with E-state index >= 15 is 0 Å².